The van der Waals surface area contributed by atoms with Crippen molar-refractivity contribution in [1.29, 1.82) is 0 Å². The van der Waals surface area contributed by atoms with Gasteiger partial charge in [0.2, 0.25) is 0 Å². The highest BCUT2D eigenvalue weighted by Crippen LogP contribution is 2.53. The van der Waals surface area contributed by atoms with E-state index in [1.165, 1.54) is 0 Å². The minimum atomic E-state index is -0.587. The van der Waals surface area contributed by atoms with E-state index in [1.807, 2.05) is 36.4 Å². The molecule has 24 heavy (non-hydrogen) atoms. The summed E-state index contributed by atoms with van der Waals surface area (Å²) in [6.07, 6.45) is 0. The zero-order valence-electron chi connectivity index (χ0n) is 13.8. The SMILES string of the molecule is CN1c2ccccc2N(C)C1(c1ccccc1)c1ccccc1O. The fourth-order valence-corrected chi connectivity index (χ4v) is 3.95. The van der Waals surface area contributed by atoms with Crippen molar-refractivity contribution in [3.05, 3.63) is 90.0 Å². The fraction of sp³-hybridized carbons (Fsp3) is 0.143. The Balaban J connectivity index is 2.06. The number of aromatic hydroxyl groups is 1. The van der Waals surface area contributed by atoms with Crippen LogP contribution in [-0.2, 0) is 5.66 Å². The lowest BCUT2D eigenvalue weighted by molar-refractivity contribution is 0.435. The zero-order valence-corrected chi connectivity index (χ0v) is 13.8. The monoisotopic (exact) mass is 316 g/mol. The fourth-order valence-electron chi connectivity index (χ4n) is 3.95. The largest absolute Gasteiger partial charge is 0.507 e. The molecule has 0 saturated heterocycles. The number of nitrogens with zero attached hydrogens (tertiary/aromatic N) is 2. The summed E-state index contributed by atoms with van der Waals surface area (Å²) in [6, 6.07) is 26.3. The van der Waals surface area contributed by atoms with Gasteiger partial charge in [0.05, 0.1) is 11.4 Å². The summed E-state index contributed by atoms with van der Waals surface area (Å²) in [5, 5.41) is 10.7. The van der Waals surface area contributed by atoms with Gasteiger partial charge in [0.1, 0.15) is 5.75 Å². The van der Waals surface area contributed by atoms with Crippen molar-refractivity contribution < 1.29 is 5.11 Å². The quantitative estimate of drug-likeness (QED) is 0.768. The van der Waals surface area contributed by atoms with Gasteiger partial charge in [-0.25, -0.2) is 0 Å². The topological polar surface area (TPSA) is 26.7 Å². The molecule has 0 saturated carbocycles. The zero-order chi connectivity index (χ0) is 16.7. The Morgan fingerprint density at radius 1 is 0.667 bits per heavy atom. The van der Waals surface area contributed by atoms with Crippen LogP contribution in [0.4, 0.5) is 11.4 Å². The number of fused-ring (bicyclic) bond motifs is 1. The van der Waals surface area contributed by atoms with Crippen LogP contribution in [0.3, 0.4) is 0 Å². The van der Waals surface area contributed by atoms with Crippen molar-refractivity contribution >= 4 is 11.4 Å². The van der Waals surface area contributed by atoms with Gasteiger partial charge in [-0.1, -0.05) is 60.7 Å². The summed E-state index contributed by atoms with van der Waals surface area (Å²) < 4.78 is 0. The Morgan fingerprint density at radius 3 is 1.75 bits per heavy atom. The van der Waals surface area contributed by atoms with E-state index in [1.54, 1.807) is 6.07 Å². The van der Waals surface area contributed by atoms with Gasteiger partial charge in [0.25, 0.3) is 0 Å². The number of hydrogen-bond donors (Lipinski definition) is 1. The van der Waals surface area contributed by atoms with E-state index in [2.05, 4.69) is 60.3 Å². The summed E-state index contributed by atoms with van der Waals surface area (Å²) in [7, 11) is 4.17. The normalized spacial score (nSPS) is 15.4. The van der Waals surface area contributed by atoms with Gasteiger partial charge < -0.3 is 14.9 Å². The predicted molar refractivity (Wildman–Crippen MR) is 98.6 cm³/mol. The van der Waals surface area contributed by atoms with E-state index < -0.39 is 5.66 Å². The van der Waals surface area contributed by atoms with Gasteiger partial charge >= 0.3 is 0 Å². The molecule has 0 bridgehead atoms. The summed E-state index contributed by atoms with van der Waals surface area (Å²) in [4.78, 5) is 4.49. The molecule has 1 aliphatic rings. The first-order chi connectivity index (χ1) is 11.7. The van der Waals surface area contributed by atoms with Gasteiger partial charge in [0, 0.05) is 25.2 Å². The number of anilines is 2. The van der Waals surface area contributed by atoms with Crippen LogP contribution >= 0.6 is 0 Å². The molecule has 3 aromatic rings. The van der Waals surface area contributed by atoms with Crippen LogP contribution in [0.5, 0.6) is 5.75 Å². The number of hydrogen-bond acceptors (Lipinski definition) is 3. The molecule has 0 atom stereocenters. The maximum Gasteiger partial charge on any atom is 0.169 e. The average molecular weight is 316 g/mol. The number of rotatable bonds is 2. The number of phenols is 1. The van der Waals surface area contributed by atoms with Crippen molar-refractivity contribution in [3.63, 3.8) is 0 Å². The lowest BCUT2D eigenvalue weighted by atomic mass is 9.88. The molecule has 0 unspecified atom stereocenters. The second-order valence-electron chi connectivity index (χ2n) is 6.16. The molecule has 1 N–H and O–H groups in total. The number of benzene rings is 3. The first-order valence-electron chi connectivity index (χ1n) is 8.08. The summed E-state index contributed by atoms with van der Waals surface area (Å²) in [6.45, 7) is 0. The summed E-state index contributed by atoms with van der Waals surface area (Å²) >= 11 is 0. The lowest BCUT2D eigenvalue weighted by Gasteiger charge is -2.44. The molecule has 120 valence electrons. The minimum Gasteiger partial charge on any atom is -0.507 e. The summed E-state index contributed by atoms with van der Waals surface area (Å²) in [5.74, 6) is 0.299. The molecule has 4 rings (SSSR count). The molecular weight excluding hydrogens is 296 g/mol. The molecule has 0 aromatic heterocycles. The maximum atomic E-state index is 10.7. The number of para-hydroxylation sites is 3. The van der Waals surface area contributed by atoms with Crippen molar-refractivity contribution in [2.24, 2.45) is 0 Å². The van der Waals surface area contributed by atoms with E-state index in [0.29, 0.717) is 5.75 Å². The molecule has 3 heteroatoms. The molecule has 1 aliphatic heterocycles. The third-order valence-electron chi connectivity index (χ3n) is 5.03. The van der Waals surface area contributed by atoms with Crippen LogP contribution in [0, 0.1) is 0 Å². The van der Waals surface area contributed by atoms with Gasteiger partial charge in [0.15, 0.2) is 5.66 Å². The highest BCUT2D eigenvalue weighted by Gasteiger charge is 2.50. The van der Waals surface area contributed by atoms with E-state index in [0.717, 1.165) is 22.5 Å². The van der Waals surface area contributed by atoms with Crippen LogP contribution in [0.25, 0.3) is 0 Å². The Bertz CT molecular complexity index is 847. The standard InChI is InChI=1S/C21H20N2O/c1-22-18-13-7-8-14-19(18)23(2)21(22,16-10-4-3-5-11-16)17-12-6-9-15-20(17)24/h3-15,24H,1-2H3. The minimum absolute atomic E-state index is 0.299. The van der Waals surface area contributed by atoms with Gasteiger partial charge in [-0.05, 0) is 18.2 Å². The maximum absolute atomic E-state index is 10.7. The van der Waals surface area contributed by atoms with Crippen LogP contribution in [-0.4, -0.2) is 19.2 Å². The molecule has 3 aromatic carbocycles. The molecule has 3 nitrogen and oxygen atoms in total. The third kappa shape index (κ3) is 1.78. The average Bonchev–Trinajstić information content (AvgIpc) is 2.85. The predicted octanol–water partition coefficient (Wildman–Crippen LogP) is 4.18. The smallest absolute Gasteiger partial charge is 0.169 e. The van der Waals surface area contributed by atoms with Crippen molar-refractivity contribution in [3.8, 4) is 5.75 Å². The van der Waals surface area contributed by atoms with E-state index >= 15 is 0 Å². The molecule has 0 fully saturated rings. The molecule has 0 amide bonds. The van der Waals surface area contributed by atoms with Crippen LogP contribution < -0.4 is 9.80 Å². The Morgan fingerprint density at radius 2 is 1.17 bits per heavy atom. The van der Waals surface area contributed by atoms with Crippen LogP contribution in [0.2, 0.25) is 0 Å². The molecule has 0 radical (unpaired) electrons. The van der Waals surface area contributed by atoms with Crippen LogP contribution in [0.1, 0.15) is 11.1 Å². The number of phenolic OH excluding ortho intramolecular Hbond substituents is 1. The summed E-state index contributed by atoms with van der Waals surface area (Å²) in [5.41, 5.74) is 3.69. The second-order valence-corrected chi connectivity index (χ2v) is 6.16. The van der Waals surface area contributed by atoms with Crippen molar-refractivity contribution in [2.45, 2.75) is 5.66 Å². The molecule has 1 heterocycles. The van der Waals surface area contributed by atoms with Gasteiger partial charge in [-0.2, -0.15) is 0 Å². The Labute approximate surface area is 142 Å². The third-order valence-corrected chi connectivity index (χ3v) is 5.03. The van der Waals surface area contributed by atoms with E-state index in [-0.39, 0.29) is 0 Å². The van der Waals surface area contributed by atoms with Crippen molar-refractivity contribution in [2.75, 3.05) is 23.9 Å². The first kappa shape index (κ1) is 14.6. The van der Waals surface area contributed by atoms with E-state index in [9.17, 15) is 5.11 Å². The lowest BCUT2D eigenvalue weighted by Crippen LogP contribution is -2.52. The Hall–Kier alpha value is -2.94. The molecule has 0 spiro atoms. The van der Waals surface area contributed by atoms with Gasteiger partial charge in [-0.3, -0.25) is 0 Å². The highest BCUT2D eigenvalue weighted by molar-refractivity contribution is 5.82. The molecular formula is C21H20N2O. The Kier molecular flexibility index (Phi) is 3.24. The van der Waals surface area contributed by atoms with Gasteiger partial charge in [-0.15, -0.1) is 0 Å². The first-order valence-corrected chi connectivity index (χ1v) is 8.08. The van der Waals surface area contributed by atoms with Crippen LogP contribution in [0.15, 0.2) is 78.9 Å². The second kappa shape index (κ2) is 5.31. The van der Waals surface area contributed by atoms with E-state index in [4.69, 9.17) is 0 Å². The van der Waals surface area contributed by atoms with Crippen molar-refractivity contribution in [1.82, 2.24) is 0 Å². The molecule has 0 aliphatic carbocycles. The highest BCUT2D eigenvalue weighted by atomic mass is 16.3.